The molecule has 2 heterocycles. The summed E-state index contributed by atoms with van der Waals surface area (Å²) < 4.78 is 0. The van der Waals surface area contributed by atoms with Gasteiger partial charge >= 0.3 is 0 Å². The van der Waals surface area contributed by atoms with Crippen LogP contribution in [-0.2, 0) is 22.7 Å². The van der Waals surface area contributed by atoms with E-state index in [1.807, 2.05) is 53.4 Å². The Morgan fingerprint density at radius 1 is 0.971 bits per heavy atom. The lowest BCUT2D eigenvalue weighted by Crippen LogP contribution is -2.47. The van der Waals surface area contributed by atoms with Gasteiger partial charge in [-0.1, -0.05) is 30.3 Å². The summed E-state index contributed by atoms with van der Waals surface area (Å²) in [5.74, 6) is -0.367. The molecule has 3 N–H and O–H groups in total. The lowest BCUT2D eigenvalue weighted by atomic mass is 9.96. The minimum absolute atomic E-state index is 0.116. The summed E-state index contributed by atoms with van der Waals surface area (Å²) >= 11 is 0. The van der Waals surface area contributed by atoms with Crippen molar-refractivity contribution in [1.82, 2.24) is 15.1 Å². The number of para-hydroxylation sites is 1. The zero-order chi connectivity index (χ0) is 24.8. The minimum Gasteiger partial charge on any atom is -0.370 e. The lowest BCUT2D eigenvalue weighted by molar-refractivity contribution is -0.130. The number of nitrogens with one attached hydrogen (secondary N) is 1. The second-order valence-electron chi connectivity index (χ2n) is 9.48. The molecule has 8 heteroatoms. The quantitative estimate of drug-likeness (QED) is 0.635. The first kappa shape index (κ1) is 24.7. The van der Waals surface area contributed by atoms with Crippen LogP contribution >= 0.6 is 0 Å². The van der Waals surface area contributed by atoms with E-state index >= 15 is 0 Å². The maximum absolute atomic E-state index is 12.8. The molecular weight excluding hydrogens is 442 g/mol. The monoisotopic (exact) mass is 477 g/mol. The van der Waals surface area contributed by atoms with Gasteiger partial charge in [-0.05, 0) is 42.2 Å². The van der Waals surface area contributed by atoms with E-state index in [0.717, 1.165) is 68.9 Å². The second-order valence-corrected chi connectivity index (χ2v) is 9.48. The second kappa shape index (κ2) is 11.4. The first-order chi connectivity index (χ1) is 16.9. The predicted octanol–water partition coefficient (Wildman–Crippen LogP) is 1.98. The van der Waals surface area contributed by atoms with Gasteiger partial charge in [0.05, 0.1) is 5.92 Å². The van der Waals surface area contributed by atoms with E-state index in [-0.39, 0.29) is 23.6 Å². The number of carbonyl (C=O) groups is 3. The highest BCUT2D eigenvalue weighted by Gasteiger charge is 2.25. The van der Waals surface area contributed by atoms with Crippen LogP contribution < -0.4 is 16.0 Å². The molecule has 0 spiro atoms. The third kappa shape index (κ3) is 6.39. The summed E-state index contributed by atoms with van der Waals surface area (Å²) in [7, 11) is 0. The highest BCUT2D eigenvalue weighted by molar-refractivity contribution is 5.94. The third-order valence-electron chi connectivity index (χ3n) is 7.04. The van der Waals surface area contributed by atoms with Crippen LogP contribution in [-0.4, -0.2) is 66.8 Å². The minimum atomic E-state index is -0.248. The molecule has 0 aromatic heterocycles. The van der Waals surface area contributed by atoms with Crippen LogP contribution in [0, 0.1) is 5.92 Å². The number of piperazine rings is 1. The van der Waals surface area contributed by atoms with Gasteiger partial charge in [-0.25, -0.2) is 0 Å². The molecule has 0 radical (unpaired) electrons. The van der Waals surface area contributed by atoms with Gasteiger partial charge in [-0.3, -0.25) is 19.3 Å². The van der Waals surface area contributed by atoms with Crippen molar-refractivity contribution in [3.63, 3.8) is 0 Å². The first-order valence-corrected chi connectivity index (χ1v) is 12.4. The predicted molar refractivity (Wildman–Crippen MR) is 136 cm³/mol. The molecule has 1 unspecified atom stereocenters. The van der Waals surface area contributed by atoms with Crippen molar-refractivity contribution in [3.8, 4) is 0 Å². The van der Waals surface area contributed by atoms with E-state index in [9.17, 15) is 14.4 Å². The van der Waals surface area contributed by atoms with Gasteiger partial charge in [-0.2, -0.15) is 0 Å². The van der Waals surface area contributed by atoms with Crippen LogP contribution in [0.25, 0.3) is 0 Å². The maximum Gasteiger partial charge on any atom is 0.251 e. The Labute approximate surface area is 207 Å². The number of anilines is 1. The molecule has 3 amide bonds. The van der Waals surface area contributed by atoms with Crippen molar-refractivity contribution in [3.05, 3.63) is 65.2 Å². The molecular formula is C27H35N5O3. The average Bonchev–Trinajstić information content (AvgIpc) is 2.88. The van der Waals surface area contributed by atoms with E-state index < -0.39 is 0 Å². The maximum atomic E-state index is 12.8. The van der Waals surface area contributed by atoms with Crippen molar-refractivity contribution in [1.29, 1.82) is 0 Å². The summed E-state index contributed by atoms with van der Waals surface area (Å²) in [6.45, 7) is 7.57. The van der Waals surface area contributed by atoms with Gasteiger partial charge in [0.15, 0.2) is 0 Å². The molecule has 1 atom stereocenters. The smallest absolute Gasteiger partial charge is 0.251 e. The SMILES string of the molecule is CC(=O)N1CCN(Cc2ccc(C(=O)NCc3ccccc3N3CCCC(C(N)=O)C3)cc2)CC1. The zero-order valence-corrected chi connectivity index (χ0v) is 20.4. The summed E-state index contributed by atoms with van der Waals surface area (Å²) in [5, 5.41) is 3.04. The lowest BCUT2D eigenvalue weighted by Gasteiger charge is -2.34. The topological polar surface area (TPSA) is 99.0 Å². The third-order valence-corrected chi connectivity index (χ3v) is 7.04. The van der Waals surface area contributed by atoms with Gasteiger partial charge in [0.25, 0.3) is 5.91 Å². The van der Waals surface area contributed by atoms with Crippen molar-refractivity contribution in [2.45, 2.75) is 32.9 Å². The number of carbonyl (C=O) groups excluding carboxylic acids is 3. The molecule has 2 fully saturated rings. The number of rotatable bonds is 7. The van der Waals surface area contributed by atoms with Gasteiger partial charge in [0, 0.05) is 70.5 Å². The summed E-state index contributed by atoms with van der Waals surface area (Å²) in [5.41, 5.74) is 9.38. The standard InChI is InChI=1S/C27H35N5O3/c1-20(33)31-15-13-30(14-16-31)18-21-8-10-22(11-9-21)27(35)29-17-23-5-2-3-7-25(23)32-12-4-6-24(19-32)26(28)34/h2-3,5,7-11,24H,4,6,12-19H2,1H3,(H2,28,34)(H,29,35). The number of hydrogen-bond donors (Lipinski definition) is 2. The molecule has 8 nitrogen and oxygen atoms in total. The molecule has 186 valence electrons. The number of benzene rings is 2. The molecule has 2 saturated heterocycles. The Bertz CT molecular complexity index is 1050. The van der Waals surface area contributed by atoms with Crippen LogP contribution in [0.15, 0.2) is 48.5 Å². The molecule has 0 saturated carbocycles. The van der Waals surface area contributed by atoms with E-state index in [1.54, 1.807) is 6.92 Å². The fourth-order valence-corrected chi connectivity index (χ4v) is 4.92. The highest BCUT2D eigenvalue weighted by Crippen LogP contribution is 2.26. The van der Waals surface area contributed by atoms with Crippen LogP contribution in [0.5, 0.6) is 0 Å². The Balaban J connectivity index is 1.31. The molecule has 2 aromatic rings. The zero-order valence-electron chi connectivity index (χ0n) is 20.4. The van der Waals surface area contributed by atoms with Crippen molar-refractivity contribution in [2.24, 2.45) is 11.7 Å². The van der Waals surface area contributed by atoms with Crippen LogP contribution in [0.4, 0.5) is 5.69 Å². The van der Waals surface area contributed by atoms with Crippen LogP contribution in [0.2, 0.25) is 0 Å². The van der Waals surface area contributed by atoms with Gasteiger partial charge in [0.2, 0.25) is 11.8 Å². The number of hydrogen-bond acceptors (Lipinski definition) is 5. The normalized spacial score (nSPS) is 18.8. The summed E-state index contributed by atoms with van der Waals surface area (Å²) in [6, 6.07) is 15.7. The molecule has 2 aromatic carbocycles. The fourth-order valence-electron chi connectivity index (χ4n) is 4.92. The highest BCUT2D eigenvalue weighted by atomic mass is 16.2. The van der Waals surface area contributed by atoms with Crippen LogP contribution in [0.3, 0.4) is 0 Å². The molecule has 0 aliphatic carbocycles. The Morgan fingerprint density at radius 2 is 1.69 bits per heavy atom. The molecule has 2 aliphatic rings. The van der Waals surface area contributed by atoms with E-state index in [0.29, 0.717) is 18.7 Å². The van der Waals surface area contributed by atoms with E-state index in [2.05, 4.69) is 15.1 Å². The number of primary amides is 1. The molecule has 4 rings (SSSR count). The Morgan fingerprint density at radius 3 is 2.37 bits per heavy atom. The molecule has 2 aliphatic heterocycles. The fraction of sp³-hybridized carbons (Fsp3) is 0.444. The average molecular weight is 478 g/mol. The number of amides is 3. The first-order valence-electron chi connectivity index (χ1n) is 12.4. The Kier molecular flexibility index (Phi) is 8.02. The largest absolute Gasteiger partial charge is 0.370 e. The van der Waals surface area contributed by atoms with Gasteiger partial charge in [-0.15, -0.1) is 0 Å². The molecule has 0 bridgehead atoms. The van der Waals surface area contributed by atoms with Crippen molar-refractivity contribution in [2.75, 3.05) is 44.2 Å². The van der Waals surface area contributed by atoms with Crippen molar-refractivity contribution < 1.29 is 14.4 Å². The van der Waals surface area contributed by atoms with Gasteiger partial charge in [0.1, 0.15) is 0 Å². The summed E-state index contributed by atoms with van der Waals surface area (Å²) in [4.78, 5) is 42.4. The van der Waals surface area contributed by atoms with Crippen molar-refractivity contribution >= 4 is 23.4 Å². The number of nitrogens with zero attached hydrogens (tertiary/aromatic N) is 3. The molecule has 35 heavy (non-hydrogen) atoms. The number of nitrogens with two attached hydrogens (primary N) is 1. The number of piperidine rings is 1. The van der Waals surface area contributed by atoms with E-state index in [1.165, 1.54) is 0 Å². The Hall–Kier alpha value is -3.39. The van der Waals surface area contributed by atoms with Crippen LogP contribution in [0.1, 0.15) is 41.3 Å². The van der Waals surface area contributed by atoms with Gasteiger partial charge < -0.3 is 20.9 Å². The van der Waals surface area contributed by atoms with E-state index in [4.69, 9.17) is 5.73 Å². The summed E-state index contributed by atoms with van der Waals surface area (Å²) in [6.07, 6.45) is 1.75.